The van der Waals surface area contributed by atoms with E-state index in [2.05, 4.69) is 5.32 Å². The number of halogens is 2. The Morgan fingerprint density at radius 3 is 2.70 bits per heavy atom. The first kappa shape index (κ1) is 19.3. The number of rotatable bonds is 8. The molecule has 0 heterocycles. The van der Waals surface area contributed by atoms with Crippen molar-refractivity contribution in [2.75, 3.05) is 13.2 Å². The minimum absolute atomic E-state index is 0.200. The SMILES string of the molecule is CCOC(=O)C=C(C)NC(=O)CCCOc1ccc(Cl)cc1Cl. The molecule has 1 aromatic carbocycles. The number of carbonyl (C=O) groups excluding carboxylic acids is 2. The van der Waals surface area contributed by atoms with Gasteiger partial charge in [-0.25, -0.2) is 4.79 Å². The molecule has 0 saturated heterocycles. The lowest BCUT2D eigenvalue weighted by Gasteiger charge is -2.08. The van der Waals surface area contributed by atoms with E-state index in [9.17, 15) is 9.59 Å². The number of hydrogen-bond donors (Lipinski definition) is 1. The summed E-state index contributed by atoms with van der Waals surface area (Å²) < 4.78 is 10.2. The molecule has 5 nitrogen and oxygen atoms in total. The average Bonchev–Trinajstić information content (AvgIpc) is 2.45. The van der Waals surface area contributed by atoms with Crippen LogP contribution in [0.4, 0.5) is 0 Å². The van der Waals surface area contributed by atoms with Crippen molar-refractivity contribution in [2.24, 2.45) is 0 Å². The van der Waals surface area contributed by atoms with Gasteiger partial charge in [-0.1, -0.05) is 23.2 Å². The van der Waals surface area contributed by atoms with E-state index in [-0.39, 0.29) is 12.3 Å². The van der Waals surface area contributed by atoms with Gasteiger partial charge in [0.25, 0.3) is 0 Å². The Hall–Kier alpha value is -1.72. The van der Waals surface area contributed by atoms with Crippen LogP contribution in [0.25, 0.3) is 0 Å². The third kappa shape index (κ3) is 7.90. The van der Waals surface area contributed by atoms with E-state index in [1.165, 1.54) is 6.08 Å². The fourth-order valence-corrected chi connectivity index (χ4v) is 2.15. The topological polar surface area (TPSA) is 64.6 Å². The Morgan fingerprint density at radius 1 is 1.30 bits per heavy atom. The summed E-state index contributed by atoms with van der Waals surface area (Å²) in [5.41, 5.74) is 0.440. The van der Waals surface area contributed by atoms with Gasteiger partial charge in [-0.2, -0.15) is 0 Å². The van der Waals surface area contributed by atoms with Crippen molar-refractivity contribution >= 4 is 35.1 Å². The number of carbonyl (C=O) groups is 2. The fourth-order valence-electron chi connectivity index (χ4n) is 1.69. The van der Waals surface area contributed by atoms with Gasteiger partial charge in [0, 0.05) is 23.2 Å². The van der Waals surface area contributed by atoms with Crippen LogP contribution in [0, 0.1) is 0 Å². The van der Waals surface area contributed by atoms with Crippen LogP contribution in [0.15, 0.2) is 30.0 Å². The number of esters is 1. The minimum Gasteiger partial charge on any atom is -0.492 e. The van der Waals surface area contributed by atoms with Crippen molar-refractivity contribution in [2.45, 2.75) is 26.7 Å². The van der Waals surface area contributed by atoms with E-state index in [4.69, 9.17) is 32.7 Å². The molecule has 7 heteroatoms. The largest absolute Gasteiger partial charge is 0.492 e. The molecule has 0 aromatic heterocycles. The molecular formula is C16H19Cl2NO4. The minimum atomic E-state index is -0.481. The van der Waals surface area contributed by atoms with E-state index in [0.29, 0.717) is 41.1 Å². The standard InChI is InChI=1S/C16H19Cl2NO4/c1-3-22-16(21)9-11(2)19-15(20)5-4-8-23-14-7-6-12(17)10-13(14)18/h6-7,9-10H,3-5,8H2,1-2H3,(H,19,20). The van der Waals surface area contributed by atoms with Crippen LogP contribution in [0.3, 0.4) is 0 Å². The van der Waals surface area contributed by atoms with Crippen molar-refractivity contribution in [1.29, 1.82) is 0 Å². The molecule has 0 atom stereocenters. The molecule has 0 radical (unpaired) electrons. The number of nitrogens with one attached hydrogen (secondary N) is 1. The average molecular weight is 360 g/mol. The molecule has 1 rings (SSSR count). The molecule has 0 saturated carbocycles. The van der Waals surface area contributed by atoms with Crippen molar-refractivity contribution in [3.8, 4) is 5.75 Å². The molecule has 0 fully saturated rings. The van der Waals surface area contributed by atoms with Crippen LogP contribution < -0.4 is 10.1 Å². The summed E-state index contributed by atoms with van der Waals surface area (Å²) in [5, 5.41) is 3.57. The van der Waals surface area contributed by atoms with Gasteiger partial charge in [0.2, 0.25) is 5.91 Å². The van der Waals surface area contributed by atoms with Crippen molar-refractivity contribution in [3.63, 3.8) is 0 Å². The number of amides is 1. The van der Waals surface area contributed by atoms with Crippen molar-refractivity contribution in [1.82, 2.24) is 5.32 Å². The highest BCUT2D eigenvalue weighted by Gasteiger charge is 2.06. The molecule has 0 unspecified atom stereocenters. The van der Waals surface area contributed by atoms with Gasteiger partial charge in [-0.15, -0.1) is 0 Å². The maximum Gasteiger partial charge on any atom is 0.332 e. The number of hydrogen-bond acceptors (Lipinski definition) is 4. The first-order valence-electron chi connectivity index (χ1n) is 7.15. The van der Waals surface area contributed by atoms with Gasteiger partial charge in [-0.05, 0) is 38.5 Å². The number of allylic oxidation sites excluding steroid dienone is 1. The van der Waals surface area contributed by atoms with E-state index < -0.39 is 5.97 Å². The van der Waals surface area contributed by atoms with Gasteiger partial charge in [-0.3, -0.25) is 4.79 Å². The Morgan fingerprint density at radius 2 is 2.04 bits per heavy atom. The summed E-state index contributed by atoms with van der Waals surface area (Å²) in [6.07, 6.45) is 2.02. The third-order valence-electron chi connectivity index (χ3n) is 2.66. The summed E-state index contributed by atoms with van der Waals surface area (Å²) in [4.78, 5) is 22.9. The molecule has 0 aliphatic rings. The highest BCUT2D eigenvalue weighted by Crippen LogP contribution is 2.27. The maximum absolute atomic E-state index is 11.7. The van der Waals surface area contributed by atoms with E-state index in [1.807, 2.05) is 0 Å². The smallest absolute Gasteiger partial charge is 0.332 e. The summed E-state index contributed by atoms with van der Waals surface area (Å²) in [5.74, 6) is -0.158. The quantitative estimate of drug-likeness (QED) is 0.436. The molecular weight excluding hydrogens is 341 g/mol. The highest BCUT2D eigenvalue weighted by atomic mass is 35.5. The van der Waals surface area contributed by atoms with Gasteiger partial charge in [0.05, 0.1) is 18.2 Å². The second-order valence-electron chi connectivity index (χ2n) is 4.65. The van der Waals surface area contributed by atoms with Crippen molar-refractivity contribution < 1.29 is 19.1 Å². The lowest BCUT2D eigenvalue weighted by Crippen LogP contribution is -2.22. The van der Waals surface area contributed by atoms with Crippen molar-refractivity contribution in [3.05, 3.63) is 40.0 Å². The molecule has 0 aliphatic carbocycles. The first-order valence-corrected chi connectivity index (χ1v) is 7.90. The second kappa shape index (κ2) is 10.1. The zero-order valence-electron chi connectivity index (χ0n) is 13.0. The first-order chi connectivity index (χ1) is 10.9. The van der Waals surface area contributed by atoms with Gasteiger partial charge >= 0.3 is 5.97 Å². The van der Waals surface area contributed by atoms with E-state index in [1.54, 1.807) is 32.0 Å². The monoisotopic (exact) mass is 359 g/mol. The Labute approximate surface area is 145 Å². The molecule has 1 N–H and O–H groups in total. The summed E-state index contributed by atoms with van der Waals surface area (Å²) >= 11 is 11.8. The van der Waals surface area contributed by atoms with Gasteiger partial charge in [0.15, 0.2) is 0 Å². The van der Waals surface area contributed by atoms with Crippen LogP contribution in [0.1, 0.15) is 26.7 Å². The van der Waals surface area contributed by atoms with Gasteiger partial charge < -0.3 is 14.8 Å². The summed E-state index contributed by atoms with van der Waals surface area (Å²) in [7, 11) is 0. The Kier molecular flexibility index (Phi) is 8.51. The number of benzene rings is 1. The second-order valence-corrected chi connectivity index (χ2v) is 5.50. The van der Waals surface area contributed by atoms with E-state index >= 15 is 0 Å². The predicted octanol–water partition coefficient (Wildman–Crippen LogP) is 3.74. The third-order valence-corrected chi connectivity index (χ3v) is 3.19. The van der Waals surface area contributed by atoms with E-state index in [0.717, 1.165) is 0 Å². The van der Waals surface area contributed by atoms with Crippen LogP contribution in [0.5, 0.6) is 5.75 Å². The molecule has 0 spiro atoms. The predicted molar refractivity (Wildman–Crippen MR) is 89.7 cm³/mol. The highest BCUT2D eigenvalue weighted by molar-refractivity contribution is 6.35. The van der Waals surface area contributed by atoms with Crippen LogP contribution in [-0.2, 0) is 14.3 Å². The molecule has 0 bridgehead atoms. The molecule has 1 amide bonds. The summed E-state index contributed by atoms with van der Waals surface area (Å²) in [6.45, 7) is 3.97. The van der Waals surface area contributed by atoms with Crippen LogP contribution in [-0.4, -0.2) is 25.1 Å². The molecule has 126 valence electrons. The molecule has 0 aliphatic heterocycles. The zero-order chi connectivity index (χ0) is 17.2. The fraction of sp³-hybridized carbons (Fsp3) is 0.375. The normalized spacial score (nSPS) is 11.0. The van der Waals surface area contributed by atoms with Gasteiger partial charge in [0.1, 0.15) is 5.75 Å². The maximum atomic E-state index is 11.7. The lowest BCUT2D eigenvalue weighted by molar-refractivity contribution is -0.137. The van der Waals surface area contributed by atoms with Crippen LogP contribution >= 0.6 is 23.2 Å². The number of ether oxygens (including phenoxy) is 2. The lowest BCUT2D eigenvalue weighted by atomic mass is 10.3. The molecule has 23 heavy (non-hydrogen) atoms. The Bertz CT molecular complexity index is 587. The van der Waals surface area contributed by atoms with Crippen LogP contribution in [0.2, 0.25) is 10.0 Å². The summed E-state index contributed by atoms with van der Waals surface area (Å²) in [6, 6.07) is 4.95. The Balaban J connectivity index is 2.30. The zero-order valence-corrected chi connectivity index (χ0v) is 14.5. The molecule has 1 aromatic rings.